The molecule has 0 aromatic heterocycles. The van der Waals surface area contributed by atoms with E-state index in [1.807, 2.05) is 25.1 Å². The van der Waals surface area contributed by atoms with E-state index >= 15 is 0 Å². The fourth-order valence-corrected chi connectivity index (χ4v) is 1.81. The number of benzene rings is 1. The third-order valence-corrected chi connectivity index (χ3v) is 2.70. The molecule has 0 spiro atoms. The van der Waals surface area contributed by atoms with E-state index in [2.05, 4.69) is 12.1 Å². The molecule has 1 aliphatic rings. The van der Waals surface area contributed by atoms with Crippen molar-refractivity contribution >= 4 is 0 Å². The SMILES string of the molecule is C/C=C/C1COC(c2ccc(C#N)cc2)OC1. The Morgan fingerprint density at radius 1 is 1.24 bits per heavy atom. The lowest BCUT2D eigenvalue weighted by Crippen LogP contribution is -2.25. The van der Waals surface area contributed by atoms with Crippen LogP contribution in [0.15, 0.2) is 36.4 Å². The molecule has 0 amide bonds. The highest BCUT2D eigenvalue weighted by atomic mass is 16.7. The van der Waals surface area contributed by atoms with Crippen LogP contribution < -0.4 is 0 Å². The molecule has 1 heterocycles. The Balaban J connectivity index is 1.98. The Morgan fingerprint density at radius 3 is 2.41 bits per heavy atom. The molecular weight excluding hydrogens is 214 g/mol. The van der Waals surface area contributed by atoms with Gasteiger partial charge in [0.05, 0.1) is 24.8 Å². The Morgan fingerprint density at radius 2 is 1.88 bits per heavy atom. The molecule has 1 aromatic carbocycles. The zero-order valence-electron chi connectivity index (χ0n) is 9.80. The van der Waals surface area contributed by atoms with Crippen molar-refractivity contribution in [1.82, 2.24) is 0 Å². The molecule has 0 bridgehead atoms. The summed E-state index contributed by atoms with van der Waals surface area (Å²) in [6, 6.07) is 9.39. The number of ether oxygens (including phenoxy) is 2. The molecule has 3 heteroatoms. The van der Waals surface area contributed by atoms with Crippen LogP contribution in [0.1, 0.15) is 24.3 Å². The van der Waals surface area contributed by atoms with Gasteiger partial charge in [0.1, 0.15) is 0 Å². The van der Waals surface area contributed by atoms with E-state index in [1.54, 1.807) is 12.1 Å². The van der Waals surface area contributed by atoms with E-state index in [0.717, 1.165) is 5.56 Å². The van der Waals surface area contributed by atoms with Gasteiger partial charge in [-0.05, 0) is 19.1 Å². The predicted octanol–water partition coefficient (Wildman–Crippen LogP) is 2.80. The first-order valence-electron chi connectivity index (χ1n) is 5.69. The number of nitrogens with zero attached hydrogens (tertiary/aromatic N) is 1. The number of rotatable bonds is 2. The lowest BCUT2D eigenvalue weighted by atomic mass is 10.1. The molecule has 1 fully saturated rings. The highest BCUT2D eigenvalue weighted by Crippen LogP contribution is 2.25. The first kappa shape index (κ1) is 11.8. The van der Waals surface area contributed by atoms with Gasteiger partial charge < -0.3 is 9.47 Å². The monoisotopic (exact) mass is 229 g/mol. The van der Waals surface area contributed by atoms with E-state index in [9.17, 15) is 0 Å². The van der Waals surface area contributed by atoms with Crippen LogP contribution in [0.25, 0.3) is 0 Å². The summed E-state index contributed by atoms with van der Waals surface area (Å²) in [7, 11) is 0. The summed E-state index contributed by atoms with van der Waals surface area (Å²) in [5, 5.41) is 8.71. The maximum absolute atomic E-state index is 8.71. The third-order valence-electron chi connectivity index (χ3n) is 2.70. The van der Waals surface area contributed by atoms with Crippen molar-refractivity contribution in [2.45, 2.75) is 13.2 Å². The van der Waals surface area contributed by atoms with Crippen LogP contribution in [0.5, 0.6) is 0 Å². The smallest absolute Gasteiger partial charge is 0.183 e. The van der Waals surface area contributed by atoms with Crippen LogP contribution in [0.4, 0.5) is 0 Å². The van der Waals surface area contributed by atoms with Gasteiger partial charge in [0.15, 0.2) is 6.29 Å². The van der Waals surface area contributed by atoms with Crippen molar-refractivity contribution in [1.29, 1.82) is 5.26 Å². The van der Waals surface area contributed by atoms with Gasteiger partial charge in [-0.1, -0.05) is 24.3 Å². The van der Waals surface area contributed by atoms with E-state index in [1.165, 1.54) is 0 Å². The maximum atomic E-state index is 8.71. The summed E-state index contributed by atoms with van der Waals surface area (Å²) in [4.78, 5) is 0. The molecule has 1 aliphatic heterocycles. The second-order valence-electron chi connectivity index (χ2n) is 4.02. The summed E-state index contributed by atoms with van der Waals surface area (Å²) >= 11 is 0. The predicted molar refractivity (Wildman–Crippen MR) is 64.1 cm³/mol. The largest absolute Gasteiger partial charge is 0.348 e. The number of allylic oxidation sites excluding steroid dienone is 1. The summed E-state index contributed by atoms with van der Waals surface area (Å²) in [5.74, 6) is 0.342. The van der Waals surface area contributed by atoms with E-state index < -0.39 is 0 Å². The molecule has 3 nitrogen and oxygen atoms in total. The normalized spacial score (nSPS) is 24.7. The maximum Gasteiger partial charge on any atom is 0.183 e. The Labute approximate surface area is 101 Å². The van der Waals surface area contributed by atoms with Crippen LogP contribution in [0.2, 0.25) is 0 Å². The van der Waals surface area contributed by atoms with Crippen molar-refractivity contribution in [3.05, 3.63) is 47.5 Å². The Kier molecular flexibility index (Phi) is 3.92. The van der Waals surface area contributed by atoms with Crippen molar-refractivity contribution in [3.8, 4) is 6.07 Å². The van der Waals surface area contributed by atoms with Gasteiger partial charge in [-0.2, -0.15) is 5.26 Å². The van der Waals surface area contributed by atoms with Crippen molar-refractivity contribution in [2.75, 3.05) is 13.2 Å². The summed E-state index contributed by atoms with van der Waals surface area (Å²) in [6.07, 6.45) is 3.80. The van der Waals surface area contributed by atoms with Gasteiger partial charge in [-0.25, -0.2) is 0 Å². The van der Waals surface area contributed by atoms with Gasteiger partial charge >= 0.3 is 0 Å². The molecular formula is C14H15NO2. The highest BCUT2D eigenvalue weighted by Gasteiger charge is 2.21. The van der Waals surface area contributed by atoms with Crippen molar-refractivity contribution < 1.29 is 9.47 Å². The Hall–Kier alpha value is -1.63. The van der Waals surface area contributed by atoms with Crippen molar-refractivity contribution in [3.63, 3.8) is 0 Å². The number of nitriles is 1. The number of hydrogen-bond acceptors (Lipinski definition) is 3. The molecule has 0 aliphatic carbocycles. The van der Waals surface area contributed by atoms with Crippen molar-refractivity contribution in [2.24, 2.45) is 5.92 Å². The first-order valence-corrected chi connectivity index (χ1v) is 5.69. The summed E-state index contributed by atoms with van der Waals surface area (Å²) in [6.45, 7) is 3.34. The van der Waals surface area contributed by atoms with Crippen LogP contribution >= 0.6 is 0 Å². The third kappa shape index (κ3) is 2.94. The molecule has 2 rings (SSSR count). The molecule has 0 saturated carbocycles. The summed E-state index contributed by atoms with van der Waals surface area (Å²) in [5.41, 5.74) is 1.61. The van der Waals surface area contributed by atoms with Gasteiger partial charge in [-0.3, -0.25) is 0 Å². The molecule has 0 N–H and O–H groups in total. The lowest BCUT2D eigenvalue weighted by Gasteiger charge is -2.28. The van der Waals surface area contributed by atoms with Gasteiger partial charge in [0, 0.05) is 11.5 Å². The standard InChI is InChI=1S/C14H15NO2/c1-2-3-12-9-16-14(17-10-12)13-6-4-11(8-15)5-7-13/h2-7,12,14H,9-10H2,1H3/b3-2+. The van der Waals surface area contributed by atoms with Crippen LogP contribution in [-0.4, -0.2) is 13.2 Å². The van der Waals surface area contributed by atoms with Crippen LogP contribution in [-0.2, 0) is 9.47 Å². The van der Waals surface area contributed by atoms with Crippen LogP contribution in [0.3, 0.4) is 0 Å². The molecule has 0 atom stereocenters. The Bertz CT molecular complexity index is 423. The van der Waals surface area contributed by atoms with E-state index in [0.29, 0.717) is 24.7 Å². The molecule has 0 unspecified atom stereocenters. The fraction of sp³-hybridized carbons (Fsp3) is 0.357. The number of hydrogen-bond donors (Lipinski definition) is 0. The molecule has 88 valence electrons. The first-order chi connectivity index (χ1) is 8.33. The second-order valence-corrected chi connectivity index (χ2v) is 4.02. The zero-order chi connectivity index (χ0) is 12.1. The topological polar surface area (TPSA) is 42.2 Å². The minimum Gasteiger partial charge on any atom is -0.348 e. The van der Waals surface area contributed by atoms with Gasteiger partial charge in [0.25, 0.3) is 0 Å². The second kappa shape index (κ2) is 5.62. The van der Waals surface area contributed by atoms with Gasteiger partial charge in [0.2, 0.25) is 0 Å². The molecule has 0 radical (unpaired) electrons. The highest BCUT2D eigenvalue weighted by molar-refractivity contribution is 5.32. The zero-order valence-corrected chi connectivity index (χ0v) is 9.80. The quantitative estimate of drug-likeness (QED) is 0.732. The average Bonchev–Trinajstić information content (AvgIpc) is 2.40. The van der Waals surface area contributed by atoms with Gasteiger partial charge in [-0.15, -0.1) is 0 Å². The molecule has 1 saturated heterocycles. The van der Waals surface area contributed by atoms with E-state index in [-0.39, 0.29) is 6.29 Å². The molecule has 17 heavy (non-hydrogen) atoms. The average molecular weight is 229 g/mol. The minimum atomic E-state index is -0.302. The summed E-state index contributed by atoms with van der Waals surface area (Å²) < 4.78 is 11.3. The lowest BCUT2D eigenvalue weighted by molar-refractivity contribution is -0.197. The fourth-order valence-electron chi connectivity index (χ4n) is 1.81. The van der Waals surface area contributed by atoms with E-state index in [4.69, 9.17) is 14.7 Å². The van der Waals surface area contributed by atoms with Crippen LogP contribution in [0, 0.1) is 17.2 Å². The minimum absolute atomic E-state index is 0.302. The molecule has 1 aromatic rings.